The molecule has 0 radical (unpaired) electrons. The fourth-order valence-corrected chi connectivity index (χ4v) is 2.61. The Labute approximate surface area is 159 Å². The van der Waals surface area contributed by atoms with Crippen molar-refractivity contribution in [1.29, 1.82) is 0 Å². The van der Waals surface area contributed by atoms with E-state index in [2.05, 4.69) is 24.4 Å². The van der Waals surface area contributed by atoms with E-state index >= 15 is 0 Å². The summed E-state index contributed by atoms with van der Waals surface area (Å²) in [6, 6.07) is 2.62. The number of carbonyl (C=O) groups excluding carboxylic acids is 2. The van der Waals surface area contributed by atoms with Crippen molar-refractivity contribution in [2.45, 2.75) is 13.8 Å². The Balaban J connectivity index is 2.26. The minimum Gasteiger partial charge on any atom is -0.389 e. The third-order valence-electron chi connectivity index (χ3n) is 3.05. The van der Waals surface area contributed by atoms with Gasteiger partial charge in [-0.1, -0.05) is 27.6 Å². The molecule has 136 valence electrons. The number of amides is 2. The summed E-state index contributed by atoms with van der Waals surface area (Å²) in [6.45, 7) is 3.29. The van der Waals surface area contributed by atoms with E-state index in [0.717, 1.165) is 0 Å². The summed E-state index contributed by atoms with van der Waals surface area (Å²) in [4.78, 5) is 31.4. The predicted molar refractivity (Wildman–Crippen MR) is 93.3 cm³/mol. The van der Waals surface area contributed by atoms with Crippen molar-refractivity contribution < 1.29 is 22.7 Å². The van der Waals surface area contributed by atoms with E-state index < -0.39 is 22.5 Å². The maximum Gasteiger partial charge on any atom is 0.455 e. The highest BCUT2D eigenvalue weighted by Gasteiger charge is 2.19. The van der Waals surface area contributed by atoms with Crippen LogP contribution in [0.25, 0.3) is 0 Å². The van der Waals surface area contributed by atoms with Crippen molar-refractivity contribution in [1.82, 2.24) is 9.97 Å². The van der Waals surface area contributed by atoms with Crippen molar-refractivity contribution in [2.75, 3.05) is 5.32 Å². The Bertz CT molecular complexity index is 1030. The van der Waals surface area contributed by atoms with Crippen LogP contribution in [0.3, 0.4) is 0 Å². The van der Waals surface area contributed by atoms with Crippen LogP contribution in [0.15, 0.2) is 22.7 Å². The number of aromatic nitrogens is 2. The Morgan fingerprint density at radius 1 is 1.27 bits per heavy atom. The second-order valence-electron chi connectivity index (χ2n) is 4.82. The first-order chi connectivity index (χ1) is 12.2. The zero-order valence-electron chi connectivity index (χ0n) is 13.3. The van der Waals surface area contributed by atoms with Crippen molar-refractivity contribution in [3.63, 3.8) is 0 Å². The van der Waals surface area contributed by atoms with E-state index in [0.29, 0.717) is 16.3 Å². The van der Waals surface area contributed by atoms with Crippen LogP contribution in [0, 0.1) is 13.8 Å². The van der Waals surface area contributed by atoms with E-state index in [4.69, 9.17) is 23.2 Å². The number of halogens is 2. The van der Waals surface area contributed by atoms with Gasteiger partial charge in [0.15, 0.2) is 0 Å². The average molecular weight is 417 g/mol. The van der Waals surface area contributed by atoms with Crippen molar-refractivity contribution in [3.05, 3.63) is 45.3 Å². The highest BCUT2D eigenvalue weighted by Crippen LogP contribution is 2.28. The smallest absolute Gasteiger partial charge is 0.389 e. The number of carbonyl (C=O) groups is 2. The number of nitrogens with one attached hydrogen (secondary N) is 1. The molecule has 26 heavy (non-hydrogen) atoms. The van der Waals surface area contributed by atoms with Crippen LogP contribution in [-0.2, 0) is 10.5 Å². The van der Waals surface area contributed by atoms with Gasteiger partial charge in [-0.25, -0.2) is 14.8 Å². The number of hydrogen-bond acceptors (Lipinski definition) is 7. The van der Waals surface area contributed by atoms with E-state index in [1.807, 2.05) is 0 Å². The minimum absolute atomic E-state index is 0.0145. The maximum atomic E-state index is 12.5. The topological polar surface area (TPSA) is 128 Å². The molecule has 0 bridgehead atoms. The van der Waals surface area contributed by atoms with Crippen LogP contribution in [0.4, 0.5) is 10.5 Å². The number of anilines is 1. The molecule has 0 fully saturated rings. The van der Waals surface area contributed by atoms with Gasteiger partial charge in [-0.05, 0) is 25.5 Å². The Kier molecular flexibility index (Phi) is 6.24. The minimum atomic E-state index is -2.95. The molecule has 2 aromatic heterocycles. The molecule has 0 spiro atoms. The fourth-order valence-electron chi connectivity index (χ4n) is 1.96. The molecular formula is C14H10Cl2N4O5S. The zero-order chi connectivity index (χ0) is 19.4. The van der Waals surface area contributed by atoms with Crippen LogP contribution in [0.5, 0.6) is 5.88 Å². The molecule has 0 saturated heterocycles. The van der Waals surface area contributed by atoms with Crippen LogP contribution in [0.2, 0.25) is 10.2 Å². The molecule has 2 rings (SSSR count). The highest BCUT2D eigenvalue weighted by molar-refractivity contribution is 7.62. The lowest BCUT2D eigenvalue weighted by atomic mass is 10.1. The summed E-state index contributed by atoms with van der Waals surface area (Å²) in [5, 5.41) is 2.84. The molecule has 0 atom stereocenters. The summed E-state index contributed by atoms with van der Waals surface area (Å²) in [7, 11) is -2.95. The second kappa shape index (κ2) is 8.21. The fraction of sp³-hybridized carbons (Fsp3) is 0.143. The molecule has 0 unspecified atom stereocenters. The molecule has 9 nitrogen and oxygen atoms in total. The first-order valence-electron chi connectivity index (χ1n) is 6.81. The quantitative estimate of drug-likeness (QED) is 0.760. The lowest BCUT2D eigenvalue weighted by Gasteiger charge is -2.12. The number of ether oxygens (including phenoxy) is 1. The molecule has 0 aliphatic carbocycles. The van der Waals surface area contributed by atoms with E-state index in [9.17, 15) is 18.0 Å². The Morgan fingerprint density at radius 3 is 2.62 bits per heavy atom. The largest absolute Gasteiger partial charge is 0.455 e. The zero-order valence-corrected chi connectivity index (χ0v) is 15.6. The van der Waals surface area contributed by atoms with Crippen molar-refractivity contribution >= 4 is 51.4 Å². The Morgan fingerprint density at radius 2 is 1.96 bits per heavy atom. The monoisotopic (exact) mass is 416 g/mol. The van der Waals surface area contributed by atoms with E-state index in [-0.39, 0.29) is 22.3 Å². The third-order valence-corrected chi connectivity index (χ3v) is 4.18. The van der Waals surface area contributed by atoms with Crippen molar-refractivity contribution in [2.24, 2.45) is 4.36 Å². The number of nitrogens with zero attached hydrogens (tertiary/aromatic N) is 3. The van der Waals surface area contributed by atoms with Gasteiger partial charge in [-0.3, -0.25) is 4.79 Å². The molecule has 0 aromatic carbocycles. The molecule has 0 aliphatic heterocycles. The van der Waals surface area contributed by atoms with Crippen molar-refractivity contribution in [3.8, 4) is 5.88 Å². The highest BCUT2D eigenvalue weighted by atomic mass is 35.5. The molecule has 0 saturated carbocycles. The number of rotatable bonds is 3. The van der Waals surface area contributed by atoms with Gasteiger partial charge < -0.3 is 10.1 Å². The molecule has 2 heterocycles. The number of hydrogen-bond donors (Lipinski definition) is 1. The molecule has 0 aliphatic rings. The SMILES string of the molecule is Cc1nc(Cl)c(C(=O)Nc2ccnc(OC(=O)N=S(=O)=O)c2)c(C)c1Cl. The second-order valence-corrected chi connectivity index (χ2v) is 6.17. The molecular weight excluding hydrogens is 407 g/mol. The lowest BCUT2D eigenvalue weighted by molar-refractivity contribution is 0.102. The van der Waals surface area contributed by atoms with E-state index in [1.54, 1.807) is 13.8 Å². The first-order valence-corrected chi connectivity index (χ1v) is 8.60. The average Bonchev–Trinajstić information content (AvgIpc) is 2.52. The third kappa shape index (κ3) is 4.75. The van der Waals surface area contributed by atoms with Gasteiger partial charge in [-0.15, -0.1) is 0 Å². The summed E-state index contributed by atoms with van der Waals surface area (Å²) in [5.41, 5.74) is 1.25. The summed E-state index contributed by atoms with van der Waals surface area (Å²) in [6.07, 6.45) is -0.135. The molecule has 2 amide bonds. The maximum absolute atomic E-state index is 12.5. The number of aryl methyl sites for hydroxylation is 1. The van der Waals surface area contributed by atoms with E-state index in [1.165, 1.54) is 18.3 Å². The Hall–Kier alpha value is -2.56. The van der Waals surface area contributed by atoms with Gasteiger partial charge in [0, 0.05) is 18.0 Å². The summed E-state index contributed by atoms with van der Waals surface area (Å²) >= 11 is 12.1. The van der Waals surface area contributed by atoms with Gasteiger partial charge in [0.1, 0.15) is 5.15 Å². The summed E-state index contributed by atoms with van der Waals surface area (Å²) in [5.74, 6) is -0.847. The van der Waals surface area contributed by atoms with Gasteiger partial charge in [0.25, 0.3) is 5.91 Å². The van der Waals surface area contributed by atoms with Gasteiger partial charge in [-0.2, -0.15) is 8.42 Å². The van der Waals surface area contributed by atoms with Crippen LogP contribution >= 0.6 is 23.2 Å². The number of pyridine rings is 2. The molecule has 12 heteroatoms. The van der Waals surface area contributed by atoms with Crippen LogP contribution < -0.4 is 10.1 Å². The van der Waals surface area contributed by atoms with Gasteiger partial charge >= 0.3 is 16.6 Å². The molecule has 1 N–H and O–H groups in total. The normalized spacial score (nSPS) is 10.2. The van der Waals surface area contributed by atoms with Gasteiger partial charge in [0.2, 0.25) is 5.88 Å². The standard InChI is InChI=1S/C14H10Cl2N4O5S/c1-6-10(12(16)18-7(2)11(6)15)13(21)19-8-3-4-17-9(5-8)25-14(22)20-26(23)24/h3-5H,1-2H3,(H,17,19,21). The van der Waals surface area contributed by atoms with Gasteiger partial charge in [0.05, 0.1) is 16.3 Å². The predicted octanol–water partition coefficient (Wildman–Crippen LogP) is 3.21. The molecule has 2 aromatic rings. The summed E-state index contributed by atoms with van der Waals surface area (Å²) < 4.78 is 27.9. The first kappa shape index (κ1) is 19.8. The van der Waals surface area contributed by atoms with Crippen LogP contribution in [-0.4, -0.2) is 30.4 Å². The van der Waals surface area contributed by atoms with Crippen LogP contribution in [0.1, 0.15) is 21.6 Å². The lowest BCUT2D eigenvalue weighted by Crippen LogP contribution is -2.16.